The lowest BCUT2D eigenvalue weighted by Gasteiger charge is -2.29. The third-order valence-corrected chi connectivity index (χ3v) is 4.25. The van der Waals surface area contributed by atoms with E-state index in [9.17, 15) is 34.5 Å². The van der Waals surface area contributed by atoms with Crippen molar-refractivity contribution in [2.45, 2.75) is 12.8 Å². The fourth-order valence-corrected chi connectivity index (χ4v) is 2.81. The van der Waals surface area contributed by atoms with Gasteiger partial charge < -0.3 is 35.1 Å². The SMILES string of the molecule is O=C(O)CN1CCCN(C(=O)O)CCN(C(=O)O)CCCN(C(=O)O)CC1. The minimum absolute atomic E-state index is 0.0107. The largest absolute Gasteiger partial charge is 0.480 e. The number of carboxylic acids is 1. The van der Waals surface area contributed by atoms with Crippen molar-refractivity contribution in [3.05, 3.63) is 0 Å². The molecule has 0 radical (unpaired) electrons. The molecule has 0 unspecified atom stereocenters. The van der Waals surface area contributed by atoms with E-state index < -0.39 is 24.2 Å². The Balaban J connectivity index is 2.86. The Bertz CT molecular complexity index is 544. The Morgan fingerprint density at radius 1 is 0.556 bits per heavy atom. The quantitative estimate of drug-likeness (QED) is 0.512. The van der Waals surface area contributed by atoms with Crippen LogP contribution in [0.5, 0.6) is 0 Å². The van der Waals surface area contributed by atoms with Crippen LogP contribution in [0.15, 0.2) is 0 Å². The van der Waals surface area contributed by atoms with Crippen LogP contribution in [0.2, 0.25) is 0 Å². The molecule has 1 heterocycles. The second kappa shape index (κ2) is 11.1. The molecule has 0 saturated carbocycles. The van der Waals surface area contributed by atoms with Crippen LogP contribution in [0.25, 0.3) is 0 Å². The van der Waals surface area contributed by atoms with Gasteiger partial charge in [0.05, 0.1) is 6.54 Å². The summed E-state index contributed by atoms with van der Waals surface area (Å²) in [6, 6.07) is 0. The molecule has 0 aromatic rings. The predicted octanol–water partition coefficient (Wildman–Crippen LogP) is 0.107. The molecule has 154 valence electrons. The van der Waals surface area contributed by atoms with Crippen LogP contribution in [0.1, 0.15) is 12.8 Å². The summed E-state index contributed by atoms with van der Waals surface area (Å²) in [5, 5.41) is 36.8. The maximum Gasteiger partial charge on any atom is 0.407 e. The van der Waals surface area contributed by atoms with Gasteiger partial charge in [0, 0.05) is 52.4 Å². The van der Waals surface area contributed by atoms with Crippen LogP contribution in [0.4, 0.5) is 14.4 Å². The van der Waals surface area contributed by atoms with Crippen molar-refractivity contribution in [3.63, 3.8) is 0 Å². The number of hydrogen-bond donors (Lipinski definition) is 4. The molecule has 12 nitrogen and oxygen atoms in total. The van der Waals surface area contributed by atoms with Gasteiger partial charge in [-0.1, -0.05) is 0 Å². The standard InChI is InChI=1S/C15H26N4O8/c20-12(21)11-16-3-1-4-18(14(24)25)9-10-19(15(26)27)6-2-5-17(8-7-16)13(22)23/h1-11H2,(H,20,21)(H,22,23)(H,24,25)(H,26,27). The Labute approximate surface area is 156 Å². The smallest absolute Gasteiger partial charge is 0.407 e. The highest BCUT2D eigenvalue weighted by Gasteiger charge is 2.20. The van der Waals surface area contributed by atoms with Gasteiger partial charge in [0.15, 0.2) is 0 Å². The number of aliphatic carboxylic acids is 1. The van der Waals surface area contributed by atoms with Crippen molar-refractivity contribution in [2.75, 3.05) is 58.9 Å². The van der Waals surface area contributed by atoms with Gasteiger partial charge in [0.25, 0.3) is 0 Å². The molecule has 1 aliphatic heterocycles. The van der Waals surface area contributed by atoms with Crippen LogP contribution in [0.3, 0.4) is 0 Å². The van der Waals surface area contributed by atoms with Gasteiger partial charge in [-0.3, -0.25) is 9.69 Å². The molecule has 1 fully saturated rings. The highest BCUT2D eigenvalue weighted by molar-refractivity contribution is 5.69. The lowest BCUT2D eigenvalue weighted by molar-refractivity contribution is -0.138. The number of rotatable bonds is 2. The zero-order valence-corrected chi connectivity index (χ0v) is 15.0. The molecule has 0 aliphatic carbocycles. The molecule has 1 saturated heterocycles. The van der Waals surface area contributed by atoms with Crippen molar-refractivity contribution >= 4 is 24.2 Å². The third-order valence-electron chi connectivity index (χ3n) is 4.25. The zero-order chi connectivity index (χ0) is 20.4. The van der Waals surface area contributed by atoms with Crippen molar-refractivity contribution in [1.29, 1.82) is 0 Å². The second-order valence-corrected chi connectivity index (χ2v) is 6.19. The maximum atomic E-state index is 11.3. The van der Waals surface area contributed by atoms with Crippen molar-refractivity contribution in [3.8, 4) is 0 Å². The van der Waals surface area contributed by atoms with E-state index in [1.165, 1.54) is 0 Å². The average molecular weight is 390 g/mol. The molecule has 0 aromatic heterocycles. The molecular formula is C15H26N4O8. The van der Waals surface area contributed by atoms with E-state index in [2.05, 4.69) is 0 Å². The molecule has 0 bridgehead atoms. The van der Waals surface area contributed by atoms with Crippen LogP contribution in [-0.2, 0) is 4.79 Å². The van der Waals surface area contributed by atoms with Gasteiger partial charge >= 0.3 is 24.2 Å². The van der Waals surface area contributed by atoms with E-state index in [1.54, 1.807) is 4.90 Å². The molecule has 1 aliphatic rings. The van der Waals surface area contributed by atoms with Gasteiger partial charge in [-0.25, -0.2) is 14.4 Å². The monoisotopic (exact) mass is 390 g/mol. The summed E-state index contributed by atoms with van der Waals surface area (Å²) < 4.78 is 0. The molecule has 0 spiro atoms. The summed E-state index contributed by atoms with van der Waals surface area (Å²) in [7, 11) is 0. The Morgan fingerprint density at radius 2 is 0.926 bits per heavy atom. The average Bonchev–Trinajstić information content (AvgIpc) is 2.56. The van der Waals surface area contributed by atoms with E-state index in [-0.39, 0.29) is 65.3 Å². The first-order valence-electron chi connectivity index (χ1n) is 8.58. The number of amides is 3. The molecular weight excluding hydrogens is 364 g/mol. The van der Waals surface area contributed by atoms with Crippen molar-refractivity contribution in [2.24, 2.45) is 0 Å². The highest BCUT2D eigenvalue weighted by Crippen LogP contribution is 2.04. The number of hydrogen-bond acceptors (Lipinski definition) is 5. The predicted molar refractivity (Wildman–Crippen MR) is 92.1 cm³/mol. The summed E-state index contributed by atoms with van der Waals surface area (Å²) in [5.74, 6) is -1.05. The fourth-order valence-electron chi connectivity index (χ4n) is 2.81. The first kappa shape index (κ1) is 22.3. The molecule has 3 amide bonds. The summed E-state index contributed by atoms with van der Waals surface area (Å²) in [4.78, 5) is 49.8. The van der Waals surface area contributed by atoms with Gasteiger partial charge in [-0.15, -0.1) is 0 Å². The summed E-state index contributed by atoms with van der Waals surface area (Å²) in [6.07, 6.45) is -2.92. The fraction of sp³-hybridized carbons (Fsp3) is 0.733. The Hall–Kier alpha value is -2.76. The van der Waals surface area contributed by atoms with E-state index in [4.69, 9.17) is 5.11 Å². The van der Waals surface area contributed by atoms with Crippen LogP contribution < -0.4 is 0 Å². The molecule has 0 atom stereocenters. The maximum absolute atomic E-state index is 11.3. The van der Waals surface area contributed by atoms with Gasteiger partial charge in [-0.2, -0.15) is 0 Å². The Kier molecular flexibility index (Phi) is 9.13. The normalized spacial score (nSPS) is 18.6. The molecule has 27 heavy (non-hydrogen) atoms. The Morgan fingerprint density at radius 3 is 1.30 bits per heavy atom. The lowest BCUT2D eigenvalue weighted by Crippen LogP contribution is -2.45. The first-order chi connectivity index (χ1) is 12.7. The topological polar surface area (TPSA) is 162 Å². The number of nitrogens with zero attached hydrogens (tertiary/aromatic N) is 4. The van der Waals surface area contributed by atoms with Crippen LogP contribution in [0, 0.1) is 0 Å². The second-order valence-electron chi connectivity index (χ2n) is 6.19. The summed E-state index contributed by atoms with van der Waals surface area (Å²) >= 11 is 0. The van der Waals surface area contributed by atoms with E-state index in [0.29, 0.717) is 6.42 Å². The summed E-state index contributed by atoms with van der Waals surface area (Å²) in [5.41, 5.74) is 0. The molecule has 0 aromatic carbocycles. The minimum Gasteiger partial charge on any atom is -0.480 e. The molecule has 12 heteroatoms. The van der Waals surface area contributed by atoms with Crippen LogP contribution >= 0.6 is 0 Å². The first-order valence-corrected chi connectivity index (χ1v) is 8.58. The molecule has 1 rings (SSSR count). The number of carbonyl (C=O) groups is 4. The summed E-state index contributed by atoms with van der Waals surface area (Å²) in [6.45, 7) is 0.554. The number of carboxylic acid groups (broad SMARTS) is 4. The lowest BCUT2D eigenvalue weighted by atomic mass is 10.3. The van der Waals surface area contributed by atoms with E-state index in [1.807, 2.05) is 0 Å². The van der Waals surface area contributed by atoms with Crippen molar-refractivity contribution in [1.82, 2.24) is 19.6 Å². The third kappa shape index (κ3) is 8.44. The molecule has 4 N–H and O–H groups in total. The zero-order valence-electron chi connectivity index (χ0n) is 15.0. The van der Waals surface area contributed by atoms with E-state index in [0.717, 1.165) is 14.7 Å². The highest BCUT2D eigenvalue weighted by atomic mass is 16.4. The van der Waals surface area contributed by atoms with E-state index >= 15 is 0 Å². The van der Waals surface area contributed by atoms with Gasteiger partial charge in [-0.05, 0) is 12.8 Å². The van der Waals surface area contributed by atoms with Gasteiger partial charge in [0.1, 0.15) is 0 Å². The minimum atomic E-state index is -1.19. The van der Waals surface area contributed by atoms with Crippen molar-refractivity contribution < 1.29 is 39.6 Å². The van der Waals surface area contributed by atoms with Gasteiger partial charge in [0.2, 0.25) is 0 Å². The van der Waals surface area contributed by atoms with Crippen LogP contribution in [-0.4, -0.2) is 123 Å².